The maximum absolute atomic E-state index is 10.3. The number of halogens is 1. The van der Waals surface area contributed by atoms with Crippen LogP contribution in [0, 0.1) is 0 Å². The fourth-order valence-electron chi connectivity index (χ4n) is 4.65. The minimum absolute atomic E-state index is 0.221. The number of aromatic hydroxyl groups is 1. The molecule has 1 N–H and O–H groups in total. The number of phenolic OH excluding ortho intramolecular Hbond substituents is 1. The van der Waals surface area contributed by atoms with Crippen molar-refractivity contribution in [1.82, 2.24) is 24.5 Å². The Morgan fingerprint density at radius 2 is 1.97 bits per heavy atom. The molecule has 6 rings (SSSR count). The van der Waals surface area contributed by atoms with Crippen molar-refractivity contribution in [3.05, 3.63) is 71.4 Å². The highest BCUT2D eigenvalue weighted by Gasteiger charge is 2.28. The van der Waals surface area contributed by atoms with Gasteiger partial charge in [-0.1, -0.05) is 23.7 Å². The molecule has 0 unspecified atom stereocenters. The maximum atomic E-state index is 10.3. The molecule has 0 spiro atoms. The van der Waals surface area contributed by atoms with E-state index in [-0.39, 0.29) is 11.8 Å². The molecule has 0 amide bonds. The molecule has 34 heavy (non-hydrogen) atoms. The SMILES string of the molecule is C[C@@H]1CN(c2nc3ccccc3c3nnc(-c4ccco4)n23)CCN1Cc1cc(Cl)ccc1O. The molecule has 1 saturated heterocycles. The van der Waals surface area contributed by atoms with Crippen LogP contribution in [0.4, 0.5) is 5.95 Å². The van der Waals surface area contributed by atoms with Gasteiger partial charge in [0, 0.05) is 48.2 Å². The third kappa shape index (κ3) is 3.55. The minimum Gasteiger partial charge on any atom is -0.508 e. The summed E-state index contributed by atoms with van der Waals surface area (Å²) in [6, 6.07) is 17.1. The maximum Gasteiger partial charge on any atom is 0.213 e. The van der Waals surface area contributed by atoms with Crippen molar-refractivity contribution in [2.24, 2.45) is 0 Å². The van der Waals surface area contributed by atoms with E-state index in [1.54, 1.807) is 18.4 Å². The zero-order chi connectivity index (χ0) is 23.2. The molecule has 9 heteroatoms. The number of hydrogen-bond donors (Lipinski definition) is 1. The Labute approximate surface area is 201 Å². The first-order chi connectivity index (χ1) is 16.6. The van der Waals surface area contributed by atoms with Crippen molar-refractivity contribution in [2.45, 2.75) is 19.5 Å². The number of benzene rings is 2. The highest BCUT2D eigenvalue weighted by molar-refractivity contribution is 6.30. The van der Waals surface area contributed by atoms with Crippen molar-refractivity contribution in [1.29, 1.82) is 0 Å². The van der Waals surface area contributed by atoms with E-state index in [9.17, 15) is 5.11 Å². The molecule has 0 saturated carbocycles. The van der Waals surface area contributed by atoms with Gasteiger partial charge in [0.2, 0.25) is 11.8 Å². The van der Waals surface area contributed by atoms with Gasteiger partial charge in [-0.2, -0.15) is 0 Å². The topological polar surface area (TPSA) is 82.9 Å². The first-order valence-electron chi connectivity index (χ1n) is 11.2. The summed E-state index contributed by atoms with van der Waals surface area (Å²) in [5, 5.41) is 20.8. The van der Waals surface area contributed by atoms with Gasteiger partial charge in [-0.25, -0.2) is 9.38 Å². The predicted molar refractivity (Wildman–Crippen MR) is 131 cm³/mol. The molecule has 2 aromatic carbocycles. The van der Waals surface area contributed by atoms with Gasteiger partial charge in [-0.05, 0) is 49.4 Å². The molecule has 0 radical (unpaired) electrons. The van der Waals surface area contributed by atoms with Crippen LogP contribution in [0.25, 0.3) is 28.1 Å². The van der Waals surface area contributed by atoms with Crippen LogP contribution in [0.2, 0.25) is 5.02 Å². The average molecular weight is 475 g/mol. The van der Waals surface area contributed by atoms with Crippen LogP contribution >= 0.6 is 11.6 Å². The van der Waals surface area contributed by atoms with E-state index >= 15 is 0 Å². The van der Waals surface area contributed by atoms with Gasteiger partial charge in [0.25, 0.3) is 0 Å². The summed E-state index contributed by atoms with van der Waals surface area (Å²) in [5.74, 6) is 2.34. The molecule has 0 bridgehead atoms. The number of rotatable bonds is 4. The number of aromatic nitrogens is 4. The highest BCUT2D eigenvalue weighted by atomic mass is 35.5. The van der Waals surface area contributed by atoms with Gasteiger partial charge in [-0.15, -0.1) is 10.2 Å². The number of piperazine rings is 1. The fraction of sp³-hybridized carbons (Fsp3) is 0.240. The lowest BCUT2D eigenvalue weighted by Crippen LogP contribution is -2.52. The number of para-hydroxylation sites is 1. The summed E-state index contributed by atoms with van der Waals surface area (Å²) < 4.78 is 7.65. The van der Waals surface area contributed by atoms with Crippen molar-refractivity contribution in [3.8, 4) is 17.3 Å². The second kappa shape index (κ2) is 8.30. The molecule has 1 atom stereocenters. The number of nitrogens with zero attached hydrogens (tertiary/aromatic N) is 6. The number of phenols is 1. The summed E-state index contributed by atoms with van der Waals surface area (Å²) in [7, 11) is 0. The van der Waals surface area contributed by atoms with E-state index in [1.165, 1.54) is 0 Å². The summed E-state index contributed by atoms with van der Waals surface area (Å²) in [6.45, 7) is 5.15. The molecule has 1 aliphatic rings. The largest absolute Gasteiger partial charge is 0.508 e. The zero-order valence-electron chi connectivity index (χ0n) is 18.6. The molecular formula is C25H23ClN6O2. The van der Waals surface area contributed by atoms with Gasteiger partial charge < -0.3 is 14.4 Å². The van der Waals surface area contributed by atoms with E-state index < -0.39 is 0 Å². The Kier molecular flexibility index (Phi) is 5.12. The Balaban J connectivity index is 1.37. The summed E-state index contributed by atoms with van der Waals surface area (Å²) in [6.07, 6.45) is 1.64. The lowest BCUT2D eigenvalue weighted by Gasteiger charge is -2.40. The Hall–Kier alpha value is -3.62. The molecule has 3 aromatic heterocycles. The van der Waals surface area contributed by atoms with Gasteiger partial charge in [0.1, 0.15) is 5.75 Å². The fourth-order valence-corrected chi connectivity index (χ4v) is 4.85. The van der Waals surface area contributed by atoms with Crippen LogP contribution < -0.4 is 4.90 Å². The molecule has 172 valence electrons. The number of anilines is 1. The molecule has 1 fully saturated rings. The van der Waals surface area contributed by atoms with Crippen molar-refractivity contribution in [3.63, 3.8) is 0 Å². The summed E-state index contributed by atoms with van der Waals surface area (Å²) in [5.41, 5.74) is 2.46. The third-order valence-corrected chi connectivity index (χ3v) is 6.67. The Morgan fingerprint density at radius 3 is 2.79 bits per heavy atom. The van der Waals surface area contributed by atoms with E-state index in [4.69, 9.17) is 21.0 Å². The minimum atomic E-state index is 0.221. The monoisotopic (exact) mass is 474 g/mol. The highest BCUT2D eigenvalue weighted by Crippen LogP contribution is 2.30. The van der Waals surface area contributed by atoms with Crippen LogP contribution in [0.15, 0.2) is 65.3 Å². The van der Waals surface area contributed by atoms with Gasteiger partial charge in [-0.3, -0.25) is 4.90 Å². The molecule has 1 aliphatic heterocycles. The van der Waals surface area contributed by atoms with Crippen molar-refractivity contribution < 1.29 is 9.52 Å². The first kappa shape index (κ1) is 20.9. The second-order valence-corrected chi connectivity index (χ2v) is 9.06. The molecule has 0 aliphatic carbocycles. The molecule has 5 aromatic rings. The summed E-state index contributed by atoms with van der Waals surface area (Å²) in [4.78, 5) is 9.65. The smallest absolute Gasteiger partial charge is 0.213 e. The lowest BCUT2D eigenvalue weighted by molar-refractivity contribution is 0.178. The van der Waals surface area contributed by atoms with Crippen LogP contribution in [0.3, 0.4) is 0 Å². The van der Waals surface area contributed by atoms with E-state index in [0.717, 1.165) is 47.7 Å². The van der Waals surface area contributed by atoms with Crippen LogP contribution in [0.1, 0.15) is 12.5 Å². The Morgan fingerprint density at radius 1 is 1.09 bits per heavy atom. The van der Waals surface area contributed by atoms with E-state index in [2.05, 4.69) is 26.9 Å². The number of fused-ring (bicyclic) bond motifs is 3. The molecular weight excluding hydrogens is 452 g/mol. The second-order valence-electron chi connectivity index (χ2n) is 8.63. The lowest BCUT2D eigenvalue weighted by atomic mass is 10.1. The molecule has 8 nitrogen and oxygen atoms in total. The number of furan rings is 1. The standard InChI is InChI=1S/C25H23ClN6O2/c1-16-14-31(11-10-30(16)15-17-13-18(26)8-9-21(17)33)25-27-20-6-3-2-5-19(20)23-28-29-24(32(23)25)22-7-4-12-34-22/h2-9,12-13,16,33H,10-11,14-15H2,1H3/t16-/m1/s1. The summed E-state index contributed by atoms with van der Waals surface area (Å²) >= 11 is 6.16. The van der Waals surface area contributed by atoms with Gasteiger partial charge in [0.05, 0.1) is 11.8 Å². The van der Waals surface area contributed by atoms with Crippen LogP contribution in [0.5, 0.6) is 5.75 Å². The van der Waals surface area contributed by atoms with Crippen molar-refractivity contribution in [2.75, 3.05) is 24.5 Å². The predicted octanol–water partition coefficient (Wildman–Crippen LogP) is 4.61. The third-order valence-electron chi connectivity index (χ3n) is 6.43. The average Bonchev–Trinajstić information content (AvgIpc) is 3.52. The van der Waals surface area contributed by atoms with Crippen LogP contribution in [-0.4, -0.2) is 55.3 Å². The first-order valence-corrected chi connectivity index (χ1v) is 11.6. The van der Waals surface area contributed by atoms with Gasteiger partial charge in [0.15, 0.2) is 11.4 Å². The zero-order valence-corrected chi connectivity index (χ0v) is 19.4. The Bertz CT molecular complexity index is 1480. The quantitative estimate of drug-likeness (QED) is 0.407. The van der Waals surface area contributed by atoms with E-state index in [1.807, 2.05) is 46.9 Å². The van der Waals surface area contributed by atoms with Crippen LogP contribution in [-0.2, 0) is 6.54 Å². The van der Waals surface area contributed by atoms with Crippen molar-refractivity contribution >= 4 is 34.1 Å². The molecule has 4 heterocycles. The number of hydrogen-bond acceptors (Lipinski definition) is 7. The normalized spacial score (nSPS) is 17.1. The van der Waals surface area contributed by atoms with E-state index in [0.29, 0.717) is 23.2 Å². The van der Waals surface area contributed by atoms with Gasteiger partial charge >= 0.3 is 0 Å².